The van der Waals surface area contributed by atoms with Crippen LogP contribution < -0.4 is 4.90 Å². The average molecular weight is 236 g/mol. The third kappa shape index (κ3) is 2.09. The first kappa shape index (κ1) is 11.1. The van der Waals surface area contributed by atoms with Crippen LogP contribution in [0.3, 0.4) is 0 Å². The Morgan fingerprint density at radius 3 is 2.75 bits per heavy atom. The van der Waals surface area contributed by atoms with Crippen LogP contribution in [-0.4, -0.2) is 23.6 Å². The van der Waals surface area contributed by atoms with Gasteiger partial charge in [-0.3, -0.25) is 0 Å². The Bertz CT molecular complexity index is 499. The number of fused-ring (bicyclic) bond motifs is 1. The molecule has 0 aliphatic carbocycles. The minimum absolute atomic E-state index is 0.302. The van der Waals surface area contributed by atoms with E-state index in [-0.39, 0.29) is 0 Å². The lowest BCUT2D eigenvalue weighted by molar-refractivity contribution is 0.840. The molecule has 4 heteroatoms. The van der Waals surface area contributed by atoms with Crippen molar-refractivity contribution < 1.29 is 0 Å². The van der Waals surface area contributed by atoms with Gasteiger partial charge < -0.3 is 4.90 Å². The van der Waals surface area contributed by atoms with Crippen molar-refractivity contribution in [2.75, 3.05) is 18.5 Å². The van der Waals surface area contributed by atoms with E-state index in [1.54, 1.807) is 0 Å². The zero-order chi connectivity index (χ0) is 11.5. The van der Waals surface area contributed by atoms with Crippen molar-refractivity contribution in [1.29, 1.82) is 0 Å². The van der Waals surface area contributed by atoms with Crippen molar-refractivity contribution in [2.45, 2.75) is 13.3 Å². The lowest BCUT2D eigenvalue weighted by atomic mass is 10.2. The summed E-state index contributed by atoms with van der Waals surface area (Å²) in [5.74, 6) is 0.900. The highest BCUT2D eigenvalue weighted by Gasteiger charge is 2.09. The smallest absolute Gasteiger partial charge is 0.224 e. The summed E-state index contributed by atoms with van der Waals surface area (Å²) < 4.78 is 0. The first-order chi connectivity index (χ1) is 7.72. The maximum absolute atomic E-state index is 5.92. The second-order valence-electron chi connectivity index (χ2n) is 3.75. The summed E-state index contributed by atoms with van der Waals surface area (Å²) in [6.07, 6.45) is 1.08. The van der Waals surface area contributed by atoms with Gasteiger partial charge in [0.05, 0.1) is 5.52 Å². The van der Waals surface area contributed by atoms with Crippen LogP contribution >= 0.6 is 11.6 Å². The van der Waals surface area contributed by atoms with Crippen LogP contribution in [0.15, 0.2) is 24.3 Å². The van der Waals surface area contributed by atoms with Crippen LogP contribution in [0.25, 0.3) is 10.9 Å². The molecule has 1 aromatic carbocycles. The van der Waals surface area contributed by atoms with E-state index in [2.05, 4.69) is 21.8 Å². The van der Waals surface area contributed by atoms with Gasteiger partial charge in [0, 0.05) is 19.0 Å². The Hall–Kier alpha value is -1.35. The molecule has 2 rings (SSSR count). The fourth-order valence-electron chi connectivity index (χ4n) is 1.76. The minimum Gasteiger partial charge on any atom is -0.359 e. The van der Waals surface area contributed by atoms with E-state index in [1.165, 1.54) is 0 Å². The van der Waals surface area contributed by atoms with E-state index in [1.807, 2.05) is 31.3 Å². The van der Waals surface area contributed by atoms with E-state index in [9.17, 15) is 0 Å². The van der Waals surface area contributed by atoms with E-state index >= 15 is 0 Å². The molecule has 0 radical (unpaired) electrons. The molecule has 0 aliphatic heterocycles. The third-order valence-electron chi connectivity index (χ3n) is 2.48. The van der Waals surface area contributed by atoms with E-state index in [0.717, 1.165) is 29.7 Å². The fraction of sp³-hybridized carbons (Fsp3) is 0.333. The second kappa shape index (κ2) is 4.66. The van der Waals surface area contributed by atoms with Gasteiger partial charge >= 0.3 is 0 Å². The Morgan fingerprint density at radius 1 is 1.25 bits per heavy atom. The summed E-state index contributed by atoms with van der Waals surface area (Å²) in [6.45, 7) is 3.10. The van der Waals surface area contributed by atoms with Gasteiger partial charge in [-0.1, -0.05) is 19.1 Å². The van der Waals surface area contributed by atoms with Gasteiger partial charge in [-0.15, -0.1) is 0 Å². The number of hydrogen-bond acceptors (Lipinski definition) is 3. The van der Waals surface area contributed by atoms with Gasteiger partial charge in [0.2, 0.25) is 5.28 Å². The standard InChI is InChI=1S/C12H14ClN3/c1-3-8-16(2)11-9-6-4-5-7-10(9)14-12(13)15-11/h4-7H,3,8H2,1-2H3. The van der Waals surface area contributed by atoms with Gasteiger partial charge in [0.1, 0.15) is 5.82 Å². The van der Waals surface area contributed by atoms with Crippen LogP contribution in [0, 0.1) is 0 Å². The predicted octanol–water partition coefficient (Wildman–Crippen LogP) is 3.13. The molecule has 0 unspecified atom stereocenters. The zero-order valence-electron chi connectivity index (χ0n) is 9.44. The molecule has 3 nitrogen and oxygen atoms in total. The highest BCUT2D eigenvalue weighted by Crippen LogP contribution is 2.24. The first-order valence-corrected chi connectivity index (χ1v) is 5.73. The van der Waals surface area contributed by atoms with Crippen molar-refractivity contribution in [1.82, 2.24) is 9.97 Å². The van der Waals surface area contributed by atoms with Gasteiger partial charge in [-0.05, 0) is 30.2 Å². The largest absolute Gasteiger partial charge is 0.359 e. The second-order valence-corrected chi connectivity index (χ2v) is 4.09. The fourth-order valence-corrected chi connectivity index (χ4v) is 1.94. The Labute approximate surface area is 100 Å². The summed E-state index contributed by atoms with van der Waals surface area (Å²) in [5, 5.41) is 1.35. The number of rotatable bonds is 3. The van der Waals surface area contributed by atoms with Crippen LogP contribution in [0.1, 0.15) is 13.3 Å². The quantitative estimate of drug-likeness (QED) is 0.766. The molecular weight excluding hydrogens is 222 g/mol. The van der Waals surface area contributed by atoms with E-state index in [4.69, 9.17) is 11.6 Å². The highest BCUT2D eigenvalue weighted by molar-refractivity contribution is 6.28. The lowest BCUT2D eigenvalue weighted by Gasteiger charge is -2.18. The molecule has 0 saturated carbocycles. The molecule has 0 spiro atoms. The van der Waals surface area contributed by atoms with E-state index in [0.29, 0.717) is 5.28 Å². The van der Waals surface area contributed by atoms with Crippen molar-refractivity contribution in [3.05, 3.63) is 29.5 Å². The number of nitrogens with zero attached hydrogens (tertiary/aromatic N) is 3. The van der Waals surface area contributed by atoms with Gasteiger partial charge in [0.15, 0.2) is 0 Å². The Balaban J connectivity index is 2.58. The summed E-state index contributed by atoms with van der Waals surface area (Å²) in [7, 11) is 2.02. The number of aromatic nitrogens is 2. The highest BCUT2D eigenvalue weighted by atomic mass is 35.5. The molecule has 84 valence electrons. The summed E-state index contributed by atoms with van der Waals surface area (Å²) >= 11 is 5.92. The normalized spacial score (nSPS) is 10.7. The van der Waals surface area contributed by atoms with Gasteiger partial charge in [-0.25, -0.2) is 4.98 Å². The summed E-state index contributed by atoms with van der Waals surface area (Å²) in [6, 6.07) is 7.91. The number of anilines is 1. The molecule has 0 aliphatic rings. The number of halogens is 1. The molecule has 0 saturated heterocycles. The molecule has 0 bridgehead atoms. The number of benzene rings is 1. The molecule has 1 aromatic heterocycles. The topological polar surface area (TPSA) is 29.0 Å². The molecule has 2 aromatic rings. The van der Waals surface area contributed by atoms with Gasteiger partial charge in [-0.2, -0.15) is 4.98 Å². The molecule has 0 atom stereocenters. The molecule has 0 fully saturated rings. The SMILES string of the molecule is CCCN(C)c1nc(Cl)nc2ccccc12. The molecular formula is C12H14ClN3. The third-order valence-corrected chi connectivity index (χ3v) is 2.65. The minimum atomic E-state index is 0.302. The monoisotopic (exact) mass is 235 g/mol. The Kier molecular flexibility index (Phi) is 3.25. The van der Waals surface area contributed by atoms with Gasteiger partial charge in [0.25, 0.3) is 0 Å². The Morgan fingerprint density at radius 2 is 2.00 bits per heavy atom. The van der Waals surface area contributed by atoms with E-state index < -0.39 is 0 Å². The number of para-hydroxylation sites is 1. The van der Waals surface area contributed by atoms with Crippen LogP contribution in [-0.2, 0) is 0 Å². The van der Waals surface area contributed by atoms with Crippen molar-refractivity contribution >= 4 is 28.3 Å². The zero-order valence-corrected chi connectivity index (χ0v) is 10.2. The lowest BCUT2D eigenvalue weighted by Crippen LogP contribution is -2.19. The van der Waals surface area contributed by atoms with Crippen molar-refractivity contribution in [3.8, 4) is 0 Å². The summed E-state index contributed by atoms with van der Waals surface area (Å²) in [4.78, 5) is 10.6. The average Bonchev–Trinajstić information content (AvgIpc) is 2.28. The first-order valence-electron chi connectivity index (χ1n) is 5.35. The molecule has 0 amide bonds. The van der Waals surface area contributed by atoms with Crippen molar-refractivity contribution in [2.24, 2.45) is 0 Å². The maximum Gasteiger partial charge on any atom is 0.224 e. The maximum atomic E-state index is 5.92. The van der Waals surface area contributed by atoms with Crippen molar-refractivity contribution in [3.63, 3.8) is 0 Å². The molecule has 1 heterocycles. The molecule has 0 N–H and O–H groups in total. The molecule has 16 heavy (non-hydrogen) atoms. The number of hydrogen-bond donors (Lipinski definition) is 0. The van der Waals surface area contributed by atoms with Crippen LogP contribution in [0.4, 0.5) is 5.82 Å². The summed E-state index contributed by atoms with van der Waals surface area (Å²) in [5.41, 5.74) is 0.889. The van der Waals surface area contributed by atoms with Crippen LogP contribution in [0.5, 0.6) is 0 Å². The van der Waals surface area contributed by atoms with Crippen LogP contribution in [0.2, 0.25) is 5.28 Å². The predicted molar refractivity (Wildman–Crippen MR) is 68.1 cm³/mol.